The number of esters is 2. The van der Waals surface area contributed by atoms with Gasteiger partial charge in [0, 0.05) is 12.8 Å². The molecule has 4 heteroatoms. The first-order valence-corrected chi connectivity index (χ1v) is 11.9. The van der Waals surface area contributed by atoms with Crippen molar-refractivity contribution in [3.8, 4) is 0 Å². The fraction of sp³-hybridized carbons (Fsp3) is 0.917. The molecule has 0 amide bonds. The van der Waals surface area contributed by atoms with E-state index in [1.165, 1.54) is 89.9 Å². The van der Waals surface area contributed by atoms with Gasteiger partial charge in [0.05, 0.1) is 0 Å². The van der Waals surface area contributed by atoms with E-state index in [1.54, 1.807) is 0 Å². The minimum atomic E-state index is -0.336. The van der Waals surface area contributed by atoms with Crippen LogP contribution in [0.2, 0.25) is 0 Å². The van der Waals surface area contributed by atoms with Crippen LogP contribution in [0.1, 0.15) is 144 Å². The number of hydrogen-bond donors (Lipinski definition) is 0. The molecule has 0 radical (unpaired) electrons. The molecule has 0 atom stereocenters. The van der Waals surface area contributed by atoms with E-state index in [1.807, 2.05) is 0 Å². The van der Waals surface area contributed by atoms with Gasteiger partial charge in [-0.2, -0.15) is 0 Å². The quantitative estimate of drug-likeness (QED) is 0.123. The molecule has 0 unspecified atom stereocenters. The van der Waals surface area contributed by atoms with Gasteiger partial charge in [-0.15, -0.1) is 0 Å². The van der Waals surface area contributed by atoms with Gasteiger partial charge in [0.15, 0.2) is 0 Å². The number of hydrogen-bond acceptors (Lipinski definition) is 3. The van der Waals surface area contributed by atoms with Crippen LogP contribution in [0.3, 0.4) is 0 Å². The molecule has 0 bridgehead atoms. The van der Waals surface area contributed by atoms with E-state index in [9.17, 15) is 9.59 Å². The standard InChI is InChI=1S/C24H46O3.Na.H/c1-3-5-7-9-11-12-13-14-16-18-20-22-24(26)27-23(25)21-19-17-15-10-8-6-4-2;;/h3-22H2,1-2H3;;/q;+1;-1. The smallest absolute Gasteiger partial charge is 1.00 e. The molecule has 0 fully saturated rings. The van der Waals surface area contributed by atoms with Gasteiger partial charge in [-0.25, -0.2) is 0 Å². The minimum Gasteiger partial charge on any atom is -1.00 e. The van der Waals surface area contributed by atoms with E-state index in [2.05, 4.69) is 13.8 Å². The fourth-order valence-corrected chi connectivity index (χ4v) is 3.39. The molecule has 0 aliphatic heterocycles. The second-order valence-electron chi connectivity index (χ2n) is 8.00. The van der Waals surface area contributed by atoms with Gasteiger partial charge in [0.1, 0.15) is 0 Å². The Morgan fingerprint density at radius 3 is 1.04 bits per heavy atom. The summed E-state index contributed by atoms with van der Waals surface area (Å²) >= 11 is 0. The third-order valence-electron chi connectivity index (χ3n) is 5.20. The van der Waals surface area contributed by atoms with Gasteiger partial charge >= 0.3 is 41.5 Å². The van der Waals surface area contributed by atoms with Gasteiger partial charge in [0.25, 0.3) is 0 Å². The normalized spacial score (nSPS) is 10.5. The molecule has 3 nitrogen and oxygen atoms in total. The Kier molecular flexibility index (Phi) is 27.3. The topological polar surface area (TPSA) is 43.4 Å². The van der Waals surface area contributed by atoms with E-state index in [4.69, 9.17) is 4.74 Å². The Balaban J connectivity index is -0.00000338. The molecule has 0 N–H and O–H groups in total. The molecular weight excluding hydrogens is 359 g/mol. The summed E-state index contributed by atoms with van der Waals surface area (Å²) in [7, 11) is 0. The molecule has 0 saturated carbocycles. The third-order valence-corrected chi connectivity index (χ3v) is 5.20. The number of unbranched alkanes of at least 4 members (excludes halogenated alkanes) is 16. The van der Waals surface area contributed by atoms with Gasteiger partial charge in [-0.3, -0.25) is 9.59 Å². The van der Waals surface area contributed by atoms with Gasteiger partial charge in [0.2, 0.25) is 0 Å². The molecule has 0 heterocycles. The van der Waals surface area contributed by atoms with Crippen LogP contribution >= 0.6 is 0 Å². The number of carbonyl (C=O) groups excluding carboxylic acids is 2. The predicted molar refractivity (Wildman–Crippen MR) is 116 cm³/mol. The molecule has 0 aliphatic rings. The summed E-state index contributed by atoms with van der Waals surface area (Å²) in [6.45, 7) is 4.46. The summed E-state index contributed by atoms with van der Waals surface area (Å²) in [5, 5.41) is 0. The summed E-state index contributed by atoms with van der Waals surface area (Å²) in [6.07, 6.45) is 22.8. The Morgan fingerprint density at radius 1 is 0.500 bits per heavy atom. The maximum Gasteiger partial charge on any atom is 1.00 e. The molecule has 0 aromatic carbocycles. The molecule has 0 spiro atoms. The van der Waals surface area contributed by atoms with Crippen molar-refractivity contribution in [2.45, 2.75) is 142 Å². The van der Waals surface area contributed by atoms with E-state index in [0.29, 0.717) is 12.8 Å². The van der Waals surface area contributed by atoms with Gasteiger partial charge < -0.3 is 6.16 Å². The summed E-state index contributed by atoms with van der Waals surface area (Å²) in [4.78, 5) is 23.3. The Morgan fingerprint density at radius 2 is 0.750 bits per heavy atom. The summed E-state index contributed by atoms with van der Waals surface area (Å²) in [6, 6.07) is 0. The van der Waals surface area contributed by atoms with E-state index >= 15 is 0 Å². The molecule has 0 aromatic heterocycles. The van der Waals surface area contributed by atoms with E-state index in [-0.39, 0.29) is 42.9 Å². The van der Waals surface area contributed by atoms with Crippen LogP contribution in [0.4, 0.5) is 0 Å². The average Bonchev–Trinajstić information content (AvgIpc) is 2.65. The van der Waals surface area contributed by atoms with E-state index < -0.39 is 0 Å². The van der Waals surface area contributed by atoms with Crippen LogP contribution in [-0.4, -0.2) is 11.9 Å². The molecule has 162 valence electrons. The Hall–Kier alpha value is 0.140. The van der Waals surface area contributed by atoms with Crippen molar-refractivity contribution in [3.05, 3.63) is 0 Å². The zero-order valence-corrected chi connectivity index (χ0v) is 21.4. The van der Waals surface area contributed by atoms with Crippen molar-refractivity contribution >= 4 is 11.9 Å². The van der Waals surface area contributed by atoms with Crippen molar-refractivity contribution in [3.63, 3.8) is 0 Å². The molecule has 0 rings (SSSR count). The molecule has 0 aromatic rings. The van der Waals surface area contributed by atoms with Crippen LogP contribution in [-0.2, 0) is 14.3 Å². The maximum absolute atomic E-state index is 11.7. The second kappa shape index (κ2) is 25.2. The first kappa shape index (κ1) is 30.3. The molecule has 28 heavy (non-hydrogen) atoms. The summed E-state index contributed by atoms with van der Waals surface area (Å²) in [5.41, 5.74) is 0. The summed E-state index contributed by atoms with van der Waals surface area (Å²) in [5.74, 6) is -0.671. The van der Waals surface area contributed by atoms with Gasteiger partial charge in [-0.1, -0.05) is 117 Å². The zero-order valence-electron chi connectivity index (χ0n) is 20.4. The van der Waals surface area contributed by atoms with Crippen molar-refractivity contribution in [1.29, 1.82) is 0 Å². The third kappa shape index (κ3) is 24.2. The number of carbonyl (C=O) groups is 2. The summed E-state index contributed by atoms with van der Waals surface area (Å²) < 4.78 is 4.91. The minimum absolute atomic E-state index is 0. The van der Waals surface area contributed by atoms with Crippen LogP contribution in [0.25, 0.3) is 0 Å². The zero-order chi connectivity index (χ0) is 20.0. The molecule has 0 aliphatic carbocycles. The van der Waals surface area contributed by atoms with Crippen LogP contribution in [0.5, 0.6) is 0 Å². The SMILES string of the molecule is CCCCCCCCCCCCCC(=O)OC(=O)CCCCCCCCC.[H-].[Na+]. The Bertz CT molecular complexity index is 351. The largest absolute Gasteiger partial charge is 1.00 e. The van der Waals surface area contributed by atoms with Crippen molar-refractivity contribution in [1.82, 2.24) is 0 Å². The maximum atomic E-state index is 11.7. The Labute approximate surface area is 198 Å². The monoisotopic (exact) mass is 406 g/mol. The van der Waals surface area contributed by atoms with E-state index in [0.717, 1.165) is 25.7 Å². The van der Waals surface area contributed by atoms with Crippen LogP contribution in [0, 0.1) is 0 Å². The predicted octanol–water partition coefficient (Wildman–Crippen LogP) is 5.01. The average molecular weight is 407 g/mol. The number of ether oxygens (including phenoxy) is 1. The van der Waals surface area contributed by atoms with Crippen molar-refractivity contribution in [2.75, 3.05) is 0 Å². The van der Waals surface area contributed by atoms with Gasteiger partial charge in [-0.05, 0) is 12.8 Å². The number of rotatable bonds is 20. The fourth-order valence-electron chi connectivity index (χ4n) is 3.39. The second-order valence-corrected chi connectivity index (χ2v) is 8.00. The first-order chi connectivity index (χ1) is 13.2. The molecule has 0 saturated heterocycles. The van der Waals surface area contributed by atoms with Crippen molar-refractivity contribution in [2.24, 2.45) is 0 Å². The van der Waals surface area contributed by atoms with Crippen molar-refractivity contribution < 1.29 is 45.3 Å². The van der Waals surface area contributed by atoms with Crippen LogP contribution in [0.15, 0.2) is 0 Å². The van der Waals surface area contributed by atoms with Crippen LogP contribution < -0.4 is 29.6 Å². The molecular formula is C24H47NaO3. The first-order valence-electron chi connectivity index (χ1n) is 11.9.